The summed E-state index contributed by atoms with van der Waals surface area (Å²) in [5, 5.41) is 7.74. The Balaban J connectivity index is 1.45. The van der Waals surface area contributed by atoms with Crippen LogP contribution in [0, 0.1) is 12.3 Å². The lowest BCUT2D eigenvalue weighted by Crippen LogP contribution is -2.40. The zero-order chi connectivity index (χ0) is 25.2. The molecule has 1 amide bonds. The first-order chi connectivity index (χ1) is 16.6. The fourth-order valence-electron chi connectivity index (χ4n) is 4.83. The van der Waals surface area contributed by atoms with Crippen molar-refractivity contribution < 1.29 is 32.2 Å². The second kappa shape index (κ2) is 10.0. The number of nitrogens with one attached hydrogen (secondary N) is 1. The normalized spacial score (nSPS) is 17.6. The zero-order valence-electron chi connectivity index (χ0n) is 20.0. The van der Waals surface area contributed by atoms with E-state index in [0.29, 0.717) is 56.7 Å². The monoisotopic (exact) mass is 493 g/mol. The Morgan fingerprint density at radius 1 is 1.29 bits per heavy atom. The molecule has 0 atom stereocenters. The Morgan fingerprint density at radius 3 is 2.71 bits per heavy atom. The van der Waals surface area contributed by atoms with E-state index in [1.807, 2.05) is 11.6 Å². The first-order valence-electron chi connectivity index (χ1n) is 11.9. The number of nitrogens with zero attached hydrogens (tertiary/aromatic N) is 2. The summed E-state index contributed by atoms with van der Waals surface area (Å²) < 4.78 is 51.7. The second-order valence-corrected chi connectivity index (χ2v) is 9.33. The van der Waals surface area contributed by atoms with Crippen molar-refractivity contribution in [2.75, 3.05) is 26.4 Å². The molecule has 35 heavy (non-hydrogen) atoms. The van der Waals surface area contributed by atoms with E-state index in [0.717, 1.165) is 36.4 Å². The Bertz CT molecular complexity index is 1100. The van der Waals surface area contributed by atoms with Crippen LogP contribution >= 0.6 is 0 Å². The molecule has 10 heteroatoms. The van der Waals surface area contributed by atoms with Gasteiger partial charge >= 0.3 is 12.1 Å². The molecule has 1 spiro atoms. The number of amides is 1. The lowest BCUT2D eigenvalue weighted by Gasteiger charge is -2.36. The summed E-state index contributed by atoms with van der Waals surface area (Å²) in [4.78, 5) is 25.3. The van der Waals surface area contributed by atoms with Gasteiger partial charge in [-0.05, 0) is 55.7 Å². The Morgan fingerprint density at radius 2 is 2.03 bits per heavy atom. The van der Waals surface area contributed by atoms with E-state index in [9.17, 15) is 22.8 Å². The quantitative estimate of drug-likeness (QED) is 0.484. The number of rotatable bonds is 6. The lowest BCUT2D eigenvalue weighted by molar-refractivity contribution is -0.137. The smallest absolute Gasteiger partial charge is 0.416 e. The largest absolute Gasteiger partial charge is 0.462 e. The fraction of sp³-hybridized carbons (Fsp3) is 0.560. The number of halogens is 3. The number of esters is 1. The van der Waals surface area contributed by atoms with Crippen LogP contribution in [0.4, 0.5) is 13.2 Å². The van der Waals surface area contributed by atoms with Crippen LogP contribution < -0.4 is 5.32 Å². The first kappa shape index (κ1) is 25.2. The van der Waals surface area contributed by atoms with E-state index in [1.54, 1.807) is 6.92 Å². The van der Waals surface area contributed by atoms with Crippen molar-refractivity contribution in [2.45, 2.75) is 58.7 Å². The van der Waals surface area contributed by atoms with Gasteiger partial charge < -0.3 is 14.8 Å². The van der Waals surface area contributed by atoms with Crippen LogP contribution in [0.3, 0.4) is 0 Å². The van der Waals surface area contributed by atoms with E-state index in [1.165, 1.54) is 6.07 Å². The summed E-state index contributed by atoms with van der Waals surface area (Å²) in [6, 6.07) is 3.04. The molecule has 1 saturated heterocycles. The minimum absolute atomic E-state index is 0.0236. The predicted molar refractivity (Wildman–Crippen MR) is 121 cm³/mol. The SMILES string of the molecule is CCc1nn(CCCOC(=O)c2cc(C(F)(F)F)ccc2C)c2c1C(=O)NCC1(CCOCC1)C2. The molecule has 3 heterocycles. The van der Waals surface area contributed by atoms with Gasteiger partial charge in [-0.15, -0.1) is 0 Å². The van der Waals surface area contributed by atoms with Crippen LogP contribution in [0.5, 0.6) is 0 Å². The number of hydrogen-bond donors (Lipinski definition) is 1. The van der Waals surface area contributed by atoms with Gasteiger partial charge in [0.1, 0.15) is 0 Å². The van der Waals surface area contributed by atoms with Crippen LogP contribution in [0.2, 0.25) is 0 Å². The molecule has 0 aliphatic carbocycles. The Hall–Kier alpha value is -2.88. The van der Waals surface area contributed by atoms with Gasteiger partial charge in [-0.3, -0.25) is 9.48 Å². The summed E-state index contributed by atoms with van der Waals surface area (Å²) in [7, 11) is 0. The van der Waals surface area contributed by atoms with Gasteiger partial charge in [0.25, 0.3) is 5.91 Å². The summed E-state index contributed by atoms with van der Waals surface area (Å²) in [6.45, 7) is 5.89. The van der Waals surface area contributed by atoms with Crippen molar-refractivity contribution in [1.29, 1.82) is 0 Å². The molecule has 1 fully saturated rings. The zero-order valence-corrected chi connectivity index (χ0v) is 20.0. The van der Waals surface area contributed by atoms with Gasteiger partial charge in [-0.2, -0.15) is 18.3 Å². The van der Waals surface area contributed by atoms with E-state index < -0.39 is 17.7 Å². The summed E-state index contributed by atoms with van der Waals surface area (Å²) in [5.41, 5.74) is 1.61. The molecule has 2 aliphatic heterocycles. The molecule has 190 valence electrons. The van der Waals surface area contributed by atoms with Gasteiger partial charge in [-0.1, -0.05) is 13.0 Å². The number of carbonyl (C=O) groups excluding carboxylic acids is 2. The van der Waals surface area contributed by atoms with Crippen LogP contribution in [0.15, 0.2) is 18.2 Å². The number of aryl methyl sites for hydroxylation is 3. The van der Waals surface area contributed by atoms with E-state index in [4.69, 9.17) is 9.47 Å². The molecule has 1 aromatic heterocycles. The molecule has 0 bridgehead atoms. The molecular formula is C25H30F3N3O4. The molecular weight excluding hydrogens is 463 g/mol. The number of hydrogen-bond acceptors (Lipinski definition) is 5. The van der Waals surface area contributed by atoms with Gasteiger partial charge in [0.2, 0.25) is 0 Å². The average molecular weight is 494 g/mol. The molecule has 0 saturated carbocycles. The highest BCUT2D eigenvalue weighted by Crippen LogP contribution is 2.37. The van der Waals surface area contributed by atoms with Crippen molar-refractivity contribution in [1.82, 2.24) is 15.1 Å². The molecule has 0 radical (unpaired) electrons. The van der Waals surface area contributed by atoms with Crippen molar-refractivity contribution in [3.63, 3.8) is 0 Å². The fourth-order valence-corrected chi connectivity index (χ4v) is 4.83. The highest BCUT2D eigenvalue weighted by Gasteiger charge is 2.39. The minimum Gasteiger partial charge on any atom is -0.462 e. The van der Waals surface area contributed by atoms with Crippen molar-refractivity contribution in [2.24, 2.45) is 5.41 Å². The number of aromatic nitrogens is 2. The van der Waals surface area contributed by atoms with Crippen molar-refractivity contribution in [3.8, 4) is 0 Å². The molecule has 7 nitrogen and oxygen atoms in total. The maximum Gasteiger partial charge on any atom is 0.416 e. The maximum atomic E-state index is 13.0. The van der Waals surface area contributed by atoms with Crippen LogP contribution in [0.1, 0.15) is 69.4 Å². The number of carbonyl (C=O) groups is 2. The summed E-state index contributed by atoms with van der Waals surface area (Å²) >= 11 is 0. The first-order valence-corrected chi connectivity index (χ1v) is 11.9. The highest BCUT2D eigenvalue weighted by molar-refractivity contribution is 5.97. The lowest BCUT2D eigenvalue weighted by atomic mass is 9.76. The highest BCUT2D eigenvalue weighted by atomic mass is 19.4. The third kappa shape index (κ3) is 5.37. The van der Waals surface area contributed by atoms with E-state index >= 15 is 0 Å². The van der Waals surface area contributed by atoms with E-state index in [-0.39, 0.29) is 23.5 Å². The van der Waals surface area contributed by atoms with Gasteiger partial charge in [0, 0.05) is 32.7 Å². The van der Waals surface area contributed by atoms with Crippen LogP contribution in [0.25, 0.3) is 0 Å². The summed E-state index contributed by atoms with van der Waals surface area (Å²) in [5.74, 6) is -0.902. The average Bonchev–Trinajstić information content (AvgIpc) is 3.10. The van der Waals surface area contributed by atoms with E-state index in [2.05, 4.69) is 10.4 Å². The van der Waals surface area contributed by atoms with Crippen molar-refractivity contribution >= 4 is 11.9 Å². The topological polar surface area (TPSA) is 82.5 Å². The number of fused-ring (bicyclic) bond motifs is 1. The molecule has 2 aromatic rings. The van der Waals surface area contributed by atoms with Gasteiger partial charge in [0.15, 0.2) is 0 Å². The summed E-state index contributed by atoms with van der Waals surface area (Å²) in [6.07, 6.45) is -1.09. The van der Waals surface area contributed by atoms with Crippen LogP contribution in [-0.2, 0) is 35.0 Å². The van der Waals surface area contributed by atoms with Gasteiger partial charge in [-0.25, -0.2) is 4.79 Å². The second-order valence-electron chi connectivity index (χ2n) is 9.33. The molecule has 2 aliphatic rings. The van der Waals surface area contributed by atoms with Crippen molar-refractivity contribution in [3.05, 3.63) is 51.8 Å². The molecule has 1 aromatic carbocycles. The van der Waals surface area contributed by atoms with Crippen LogP contribution in [-0.4, -0.2) is 48.0 Å². The minimum atomic E-state index is -4.54. The maximum absolute atomic E-state index is 13.0. The number of ether oxygens (including phenoxy) is 2. The Labute approximate surface area is 202 Å². The molecule has 4 rings (SSSR count). The predicted octanol–water partition coefficient (Wildman–Crippen LogP) is 4.10. The Kier molecular flexibility index (Phi) is 7.21. The standard InChI is InChI=1S/C25H30F3N3O4/c1-3-19-21-20(14-24(15-29-22(21)32)7-11-34-12-8-24)31(30-19)9-4-10-35-23(33)18-13-17(25(26,27)28)6-5-16(18)2/h5-6,13H,3-4,7-12,14-15H2,1-2H3,(H,29,32). The molecule has 0 unspecified atom stereocenters. The third-order valence-electron chi connectivity index (χ3n) is 6.94. The van der Waals surface area contributed by atoms with Gasteiger partial charge in [0.05, 0.1) is 34.7 Å². The third-order valence-corrected chi connectivity index (χ3v) is 6.94. The molecule has 1 N–H and O–H groups in total. The number of alkyl halides is 3. The number of benzene rings is 1.